The van der Waals surface area contributed by atoms with Crippen LogP contribution in [0.3, 0.4) is 0 Å². The predicted molar refractivity (Wildman–Crippen MR) is 149 cm³/mol. The van der Waals surface area contributed by atoms with Gasteiger partial charge in [-0.1, -0.05) is 69.9 Å². The third kappa shape index (κ3) is 6.21. The number of hydrogen-bond donors (Lipinski definition) is 0. The maximum absolute atomic E-state index is 13.1. The van der Waals surface area contributed by atoms with Gasteiger partial charge in [-0.25, -0.2) is 4.68 Å². The Hall–Kier alpha value is -2.90. The second kappa shape index (κ2) is 11.2. The van der Waals surface area contributed by atoms with Gasteiger partial charge in [0, 0.05) is 23.9 Å². The molecule has 0 radical (unpaired) electrons. The van der Waals surface area contributed by atoms with Crippen LogP contribution in [0.15, 0.2) is 65.7 Å². The summed E-state index contributed by atoms with van der Waals surface area (Å²) in [6.45, 7) is 9.86. The lowest BCUT2D eigenvalue weighted by Crippen LogP contribution is -2.31. The Kier molecular flexibility index (Phi) is 8.08. The van der Waals surface area contributed by atoms with Gasteiger partial charge in [0.1, 0.15) is 10.1 Å². The van der Waals surface area contributed by atoms with Crippen molar-refractivity contribution in [3.63, 3.8) is 0 Å². The number of hydrogen-bond acceptors (Lipinski definition) is 5. The summed E-state index contributed by atoms with van der Waals surface area (Å²) in [5.41, 5.74) is 3.58. The highest BCUT2D eigenvalue weighted by molar-refractivity contribution is 8.26. The molecule has 35 heavy (non-hydrogen) atoms. The molecule has 1 aliphatic rings. The van der Waals surface area contributed by atoms with Crippen molar-refractivity contribution in [3.8, 4) is 22.7 Å². The molecule has 2 aromatic carbocycles. The minimum Gasteiger partial charge on any atom is -0.494 e. The standard InChI is InChI=1S/C28H31N3O2S2/c1-19(2)14-15-33-24-12-10-21(11-13-24)26-22(18-31(29-26)23-8-6-5-7-9-23)16-25-27(32)30(17-20(3)4)28(34)35-25/h5-13,16,18-20H,14-15,17H2,1-4H3/b25-16-. The number of rotatable bonds is 9. The van der Waals surface area contributed by atoms with Gasteiger partial charge in [0.2, 0.25) is 0 Å². The molecular weight excluding hydrogens is 474 g/mol. The zero-order valence-corrected chi connectivity index (χ0v) is 22.2. The number of aromatic nitrogens is 2. The van der Waals surface area contributed by atoms with E-state index in [0.717, 1.165) is 34.7 Å². The normalized spacial score (nSPS) is 15.1. The van der Waals surface area contributed by atoms with Gasteiger partial charge in [0.25, 0.3) is 5.91 Å². The molecular formula is C28H31N3O2S2. The fraction of sp³-hybridized carbons (Fsp3) is 0.321. The summed E-state index contributed by atoms with van der Waals surface area (Å²) in [6, 6.07) is 17.9. The molecule has 1 aliphatic heterocycles. The number of ether oxygens (including phenoxy) is 1. The molecule has 0 bridgehead atoms. The first-order valence-corrected chi connectivity index (χ1v) is 13.2. The smallest absolute Gasteiger partial charge is 0.266 e. The molecule has 7 heteroatoms. The Bertz CT molecular complexity index is 1210. The number of carbonyl (C=O) groups is 1. The van der Waals surface area contributed by atoms with E-state index in [1.54, 1.807) is 4.90 Å². The monoisotopic (exact) mass is 505 g/mol. The quantitative estimate of drug-likeness (QED) is 0.236. The van der Waals surface area contributed by atoms with E-state index in [0.29, 0.717) is 34.2 Å². The topological polar surface area (TPSA) is 47.4 Å². The second-order valence-corrected chi connectivity index (χ2v) is 11.1. The van der Waals surface area contributed by atoms with Gasteiger partial charge in [0.15, 0.2) is 0 Å². The molecule has 0 N–H and O–H groups in total. The molecule has 0 aliphatic carbocycles. The molecule has 1 aromatic heterocycles. The van der Waals surface area contributed by atoms with E-state index in [9.17, 15) is 4.79 Å². The summed E-state index contributed by atoms with van der Waals surface area (Å²) in [6.07, 6.45) is 4.89. The van der Waals surface area contributed by atoms with E-state index in [4.69, 9.17) is 22.1 Å². The molecule has 0 unspecified atom stereocenters. The van der Waals surface area contributed by atoms with Gasteiger partial charge in [-0.15, -0.1) is 0 Å². The number of thioether (sulfide) groups is 1. The van der Waals surface area contributed by atoms with E-state index in [-0.39, 0.29) is 5.91 Å². The SMILES string of the molecule is CC(C)CCOc1ccc(-c2nn(-c3ccccc3)cc2/C=C2\SC(=S)N(CC(C)C)C2=O)cc1. The molecule has 3 aromatic rings. The zero-order chi connectivity index (χ0) is 24.9. The highest BCUT2D eigenvalue weighted by atomic mass is 32.2. The number of amides is 1. The summed E-state index contributed by atoms with van der Waals surface area (Å²) in [5, 5.41) is 4.88. The Morgan fingerprint density at radius 2 is 1.74 bits per heavy atom. The van der Waals surface area contributed by atoms with Crippen LogP contribution in [0.2, 0.25) is 0 Å². The summed E-state index contributed by atoms with van der Waals surface area (Å²) in [4.78, 5) is 15.4. The predicted octanol–water partition coefficient (Wildman–Crippen LogP) is 6.82. The van der Waals surface area contributed by atoms with Crippen molar-refractivity contribution >= 4 is 40.3 Å². The number of thiocarbonyl (C=S) groups is 1. The number of carbonyl (C=O) groups excluding carboxylic acids is 1. The first kappa shape index (κ1) is 25.2. The first-order chi connectivity index (χ1) is 16.8. The van der Waals surface area contributed by atoms with E-state index in [2.05, 4.69) is 27.7 Å². The Labute approximate surface area is 217 Å². The van der Waals surface area contributed by atoms with Crippen LogP contribution in [0, 0.1) is 11.8 Å². The Morgan fingerprint density at radius 1 is 1.03 bits per heavy atom. The maximum Gasteiger partial charge on any atom is 0.266 e. The van der Waals surface area contributed by atoms with Crippen molar-refractivity contribution in [1.82, 2.24) is 14.7 Å². The van der Waals surface area contributed by atoms with Crippen molar-refractivity contribution in [3.05, 3.63) is 71.3 Å². The van der Waals surface area contributed by atoms with Gasteiger partial charge in [-0.3, -0.25) is 9.69 Å². The molecule has 4 rings (SSSR count). The maximum atomic E-state index is 13.1. The Morgan fingerprint density at radius 3 is 2.40 bits per heavy atom. The van der Waals surface area contributed by atoms with Crippen molar-refractivity contribution in [2.45, 2.75) is 34.1 Å². The fourth-order valence-electron chi connectivity index (χ4n) is 3.72. The molecule has 5 nitrogen and oxygen atoms in total. The third-order valence-corrected chi connectivity index (χ3v) is 6.94. The van der Waals surface area contributed by atoms with Crippen LogP contribution in [0.4, 0.5) is 0 Å². The minimum atomic E-state index is -0.0407. The van der Waals surface area contributed by atoms with Crippen LogP contribution in [-0.2, 0) is 4.79 Å². The van der Waals surface area contributed by atoms with Gasteiger partial charge >= 0.3 is 0 Å². The van der Waals surface area contributed by atoms with Crippen molar-refractivity contribution < 1.29 is 9.53 Å². The number of benzene rings is 2. The molecule has 182 valence electrons. The van der Waals surface area contributed by atoms with E-state index in [1.807, 2.05) is 71.6 Å². The van der Waals surface area contributed by atoms with Gasteiger partial charge < -0.3 is 4.74 Å². The zero-order valence-electron chi connectivity index (χ0n) is 20.6. The van der Waals surface area contributed by atoms with Gasteiger partial charge in [-0.2, -0.15) is 5.10 Å². The van der Waals surface area contributed by atoms with E-state index < -0.39 is 0 Å². The molecule has 1 fully saturated rings. The molecule has 1 amide bonds. The molecule has 0 atom stereocenters. The largest absolute Gasteiger partial charge is 0.494 e. The number of nitrogens with zero attached hydrogens (tertiary/aromatic N) is 3. The molecule has 2 heterocycles. The second-order valence-electron chi connectivity index (χ2n) is 9.45. The van der Waals surface area contributed by atoms with Crippen LogP contribution in [-0.4, -0.2) is 38.1 Å². The summed E-state index contributed by atoms with van der Waals surface area (Å²) < 4.78 is 8.34. The number of para-hydroxylation sites is 1. The van der Waals surface area contributed by atoms with Crippen molar-refractivity contribution in [2.75, 3.05) is 13.2 Å². The molecule has 0 saturated carbocycles. The van der Waals surface area contributed by atoms with E-state index >= 15 is 0 Å². The highest BCUT2D eigenvalue weighted by Gasteiger charge is 2.32. The van der Waals surface area contributed by atoms with Crippen LogP contribution >= 0.6 is 24.0 Å². The lowest BCUT2D eigenvalue weighted by molar-refractivity contribution is -0.122. The van der Waals surface area contributed by atoms with Crippen molar-refractivity contribution in [1.29, 1.82) is 0 Å². The highest BCUT2D eigenvalue weighted by Crippen LogP contribution is 2.35. The van der Waals surface area contributed by atoms with Crippen LogP contribution in [0.5, 0.6) is 5.75 Å². The van der Waals surface area contributed by atoms with Crippen molar-refractivity contribution in [2.24, 2.45) is 11.8 Å². The van der Waals surface area contributed by atoms with Crippen LogP contribution in [0.25, 0.3) is 23.0 Å². The van der Waals surface area contributed by atoms with Gasteiger partial charge in [0.05, 0.1) is 22.9 Å². The summed E-state index contributed by atoms with van der Waals surface area (Å²) in [5.74, 6) is 1.75. The molecule has 1 saturated heterocycles. The first-order valence-electron chi connectivity index (χ1n) is 12.0. The Balaban J connectivity index is 1.67. The lowest BCUT2D eigenvalue weighted by Gasteiger charge is -2.16. The minimum absolute atomic E-state index is 0.0407. The average Bonchev–Trinajstić information content (AvgIpc) is 3.36. The fourth-order valence-corrected chi connectivity index (χ4v) is 4.98. The van der Waals surface area contributed by atoms with Crippen LogP contribution in [0.1, 0.15) is 39.7 Å². The molecule has 0 spiro atoms. The average molecular weight is 506 g/mol. The summed E-state index contributed by atoms with van der Waals surface area (Å²) >= 11 is 6.85. The van der Waals surface area contributed by atoms with Crippen LogP contribution < -0.4 is 4.74 Å². The third-order valence-electron chi connectivity index (χ3n) is 5.56. The lowest BCUT2D eigenvalue weighted by atomic mass is 10.1. The summed E-state index contributed by atoms with van der Waals surface area (Å²) in [7, 11) is 0. The van der Waals surface area contributed by atoms with Gasteiger partial charge in [-0.05, 0) is 60.7 Å². The van der Waals surface area contributed by atoms with E-state index in [1.165, 1.54) is 11.8 Å².